The molecular weight excluding hydrogens is 382 g/mol. The molecule has 0 unspecified atom stereocenters. The van der Waals surface area contributed by atoms with Crippen molar-refractivity contribution in [3.63, 3.8) is 0 Å². The molecule has 2 aliphatic rings. The predicted octanol–water partition coefficient (Wildman–Crippen LogP) is 0.407. The highest BCUT2D eigenvalue weighted by molar-refractivity contribution is 6.22. The van der Waals surface area contributed by atoms with Crippen molar-refractivity contribution in [3.05, 3.63) is 58.6 Å². The van der Waals surface area contributed by atoms with Crippen LogP contribution in [-0.4, -0.2) is 71.5 Å². The number of esters is 2. The van der Waals surface area contributed by atoms with Gasteiger partial charge in [-0.05, 0) is 12.0 Å². The molecule has 0 atom stereocenters. The maximum Gasteiger partial charge on any atom is 0.345 e. The lowest BCUT2D eigenvalue weighted by Gasteiger charge is -2.22. The van der Waals surface area contributed by atoms with Gasteiger partial charge in [-0.2, -0.15) is 0 Å². The molecule has 0 spiro atoms. The summed E-state index contributed by atoms with van der Waals surface area (Å²) < 4.78 is 9.22. The first-order chi connectivity index (χ1) is 13.9. The number of benzene rings is 1. The Balaban J connectivity index is 1.81. The van der Waals surface area contributed by atoms with Crippen molar-refractivity contribution in [2.45, 2.75) is 6.42 Å². The lowest BCUT2D eigenvalue weighted by Crippen LogP contribution is -2.32. The van der Waals surface area contributed by atoms with Crippen molar-refractivity contribution in [1.29, 1.82) is 0 Å². The van der Waals surface area contributed by atoms with Gasteiger partial charge in [0.2, 0.25) is 11.6 Å². The number of cyclic esters (lactones) is 2. The Morgan fingerprint density at radius 3 is 1.72 bits per heavy atom. The minimum absolute atomic E-state index is 0.260. The highest BCUT2D eigenvalue weighted by Crippen LogP contribution is 2.18. The molecule has 1 aromatic rings. The van der Waals surface area contributed by atoms with E-state index in [1.54, 1.807) is 0 Å². The lowest BCUT2D eigenvalue weighted by molar-refractivity contribution is -0.136. The van der Waals surface area contributed by atoms with E-state index in [4.69, 9.17) is 0 Å². The second-order valence-electron chi connectivity index (χ2n) is 6.59. The topological polar surface area (TPSA) is 130 Å². The zero-order chi connectivity index (χ0) is 21.0. The van der Waals surface area contributed by atoms with Crippen LogP contribution in [-0.2, 0) is 35.1 Å². The first kappa shape index (κ1) is 20.3. The Labute approximate surface area is 165 Å². The predicted molar refractivity (Wildman–Crippen MR) is 97.8 cm³/mol. The smallest absolute Gasteiger partial charge is 0.345 e. The fraction of sp³-hybridized carbons (Fsp3) is 0.300. The Kier molecular flexibility index (Phi) is 6.08. The molecule has 2 aliphatic heterocycles. The molecule has 0 radical (unpaired) electrons. The maximum atomic E-state index is 11.8. The summed E-state index contributed by atoms with van der Waals surface area (Å²) in [7, 11) is 0. The SMILES string of the molecule is O=C1COC(=O)/C1=C(\O)CN(CCc1ccccc1)C/C(O)=C1/C(=O)COC1=O. The molecule has 0 aromatic heterocycles. The van der Waals surface area contributed by atoms with E-state index in [0.29, 0.717) is 13.0 Å². The molecule has 152 valence electrons. The van der Waals surface area contributed by atoms with Gasteiger partial charge in [-0.25, -0.2) is 9.59 Å². The number of nitrogens with zero attached hydrogens (tertiary/aromatic N) is 1. The van der Waals surface area contributed by atoms with E-state index < -0.39 is 59.4 Å². The summed E-state index contributed by atoms with van der Waals surface area (Å²) in [5.74, 6) is -4.08. The normalized spacial score (nSPS) is 20.2. The minimum Gasteiger partial charge on any atom is -0.510 e. The van der Waals surface area contributed by atoms with Gasteiger partial charge < -0.3 is 19.7 Å². The van der Waals surface area contributed by atoms with Gasteiger partial charge in [0.05, 0.1) is 13.1 Å². The van der Waals surface area contributed by atoms with Gasteiger partial charge in [-0.1, -0.05) is 30.3 Å². The zero-order valence-corrected chi connectivity index (χ0v) is 15.4. The fourth-order valence-corrected chi connectivity index (χ4v) is 3.06. The summed E-state index contributed by atoms with van der Waals surface area (Å²) in [5.41, 5.74) is 0.112. The molecule has 9 heteroatoms. The Morgan fingerprint density at radius 2 is 1.31 bits per heavy atom. The van der Waals surface area contributed by atoms with Crippen LogP contribution in [0.5, 0.6) is 0 Å². The van der Waals surface area contributed by atoms with Crippen molar-refractivity contribution in [2.75, 3.05) is 32.8 Å². The summed E-state index contributed by atoms with van der Waals surface area (Å²) >= 11 is 0. The van der Waals surface area contributed by atoms with Crippen LogP contribution in [0.15, 0.2) is 53.0 Å². The Morgan fingerprint density at radius 1 is 0.828 bits per heavy atom. The van der Waals surface area contributed by atoms with Gasteiger partial charge >= 0.3 is 11.9 Å². The Bertz CT molecular complexity index is 826. The van der Waals surface area contributed by atoms with Crippen molar-refractivity contribution in [1.82, 2.24) is 4.90 Å². The number of Topliss-reactive ketones (excluding diaryl/α,β-unsaturated/α-hetero) is 2. The van der Waals surface area contributed by atoms with Gasteiger partial charge in [0.15, 0.2) is 13.2 Å². The van der Waals surface area contributed by atoms with Crippen LogP contribution in [0.1, 0.15) is 5.56 Å². The van der Waals surface area contributed by atoms with Crippen molar-refractivity contribution in [3.8, 4) is 0 Å². The molecule has 0 saturated carbocycles. The van der Waals surface area contributed by atoms with Crippen molar-refractivity contribution >= 4 is 23.5 Å². The van der Waals surface area contributed by atoms with Crippen LogP contribution >= 0.6 is 0 Å². The fourth-order valence-electron chi connectivity index (χ4n) is 3.06. The van der Waals surface area contributed by atoms with Crippen LogP contribution in [0.25, 0.3) is 0 Å². The van der Waals surface area contributed by atoms with Crippen LogP contribution in [0.3, 0.4) is 0 Å². The number of hydrogen-bond donors (Lipinski definition) is 2. The molecular formula is C20H19NO8. The second-order valence-corrected chi connectivity index (χ2v) is 6.59. The number of aliphatic hydroxyl groups excluding tert-OH is 2. The number of ketones is 2. The van der Waals surface area contributed by atoms with Crippen LogP contribution in [0, 0.1) is 0 Å². The summed E-state index contributed by atoms with van der Waals surface area (Å²) in [5, 5.41) is 20.6. The molecule has 2 N–H and O–H groups in total. The third kappa shape index (κ3) is 4.69. The number of rotatable bonds is 7. The van der Waals surface area contributed by atoms with E-state index in [-0.39, 0.29) is 13.1 Å². The summed E-state index contributed by atoms with van der Waals surface area (Å²) in [6.45, 7) is -1.09. The highest BCUT2D eigenvalue weighted by atomic mass is 16.5. The average Bonchev–Trinajstić information content (AvgIpc) is 3.21. The van der Waals surface area contributed by atoms with E-state index in [2.05, 4.69) is 9.47 Å². The number of carbonyl (C=O) groups is 4. The summed E-state index contributed by atoms with van der Waals surface area (Å²) in [6.07, 6.45) is 0.517. The van der Waals surface area contributed by atoms with Crippen molar-refractivity contribution < 1.29 is 38.9 Å². The van der Waals surface area contributed by atoms with Gasteiger partial charge in [0, 0.05) is 6.54 Å². The largest absolute Gasteiger partial charge is 0.510 e. The lowest BCUT2D eigenvalue weighted by atomic mass is 10.1. The molecule has 1 aromatic carbocycles. The van der Waals surface area contributed by atoms with Gasteiger partial charge in [-0.15, -0.1) is 0 Å². The molecule has 3 rings (SSSR count). The molecule has 9 nitrogen and oxygen atoms in total. The standard InChI is InChI=1S/C20H19NO8/c22-13(17-15(24)10-28-19(17)26)8-21(7-6-12-4-2-1-3-5-12)9-14(23)18-16(25)11-29-20(18)27/h1-5,22-23H,6-11H2/b17-13-,18-14+. The van der Waals surface area contributed by atoms with E-state index >= 15 is 0 Å². The van der Waals surface area contributed by atoms with Crippen molar-refractivity contribution in [2.24, 2.45) is 0 Å². The summed E-state index contributed by atoms with van der Waals surface area (Å²) in [4.78, 5) is 48.3. The third-order valence-electron chi connectivity index (χ3n) is 4.52. The molecule has 2 fully saturated rings. The van der Waals surface area contributed by atoms with E-state index in [0.717, 1.165) is 5.56 Å². The molecule has 0 amide bonds. The maximum absolute atomic E-state index is 11.8. The highest BCUT2D eigenvalue weighted by Gasteiger charge is 2.34. The quantitative estimate of drug-likeness (QED) is 0.289. The second kappa shape index (κ2) is 8.70. The number of ether oxygens (including phenoxy) is 2. The van der Waals surface area contributed by atoms with Crippen LogP contribution in [0.2, 0.25) is 0 Å². The van der Waals surface area contributed by atoms with Crippen LogP contribution in [0.4, 0.5) is 0 Å². The van der Waals surface area contributed by atoms with Gasteiger partial charge in [-0.3, -0.25) is 14.5 Å². The molecule has 0 bridgehead atoms. The van der Waals surface area contributed by atoms with Gasteiger partial charge in [0.1, 0.15) is 22.7 Å². The number of hydrogen-bond acceptors (Lipinski definition) is 9. The molecule has 2 saturated heterocycles. The number of aliphatic hydroxyl groups is 2. The minimum atomic E-state index is -0.910. The average molecular weight is 401 g/mol. The van der Waals surface area contributed by atoms with E-state index in [9.17, 15) is 29.4 Å². The van der Waals surface area contributed by atoms with E-state index in [1.165, 1.54) is 4.90 Å². The molecule has 29 heavy (non-hydrogen) atoms. The van der Waals surface area contributed by atoms with Gasteiger partial charge in [0.25, 0.3) is 0 Å². The Hall–Kier alpha value is -3.46. The first-order valence-electron chi connectivity index (χ1n) is 8.88. The third-order valence-corrected chi connectivity index (χ3v) is 4.52. The van der Waals surface area contributed by atoms with E-state index in [1.807, 2.05) is 30.3 Å². The molecule has 2 heterocycles. The molecule has 0 aliphatic carbocycles. The monoisotopic (exact) mass is 401 g/mol. The zero-order valence-electron chi connectivity index (χ0n) is 15.4. The van der Waals surface area contributed by atoms with Crippen LogP contribution < -0.4 is 0 Å². The first-order valence-corrected chi connectivity index (χ1v) is 8.88. The summed E-state index contributed by atoms with van der Waals surface area (Å²) in [6, 6.07) is 9.37. The number of carbonyl (C=O) groups excluding carboxylic acids is 4.